The van der Waals surface area contributed by atoms with Crippen molar-refractivity contribution in [1.29, 1.82) is 0 Å². The monoisotopic (exact) mass is 260 g/mol. The Kier molecular flexibility index (Phi) is 7.50. The third-order valence-electron chi connectivity index (χ3n) is 2.36. The first kappa shape index (κ1) is 16.2. The molecular formula is C11H20N2O5. The van der Waals surface area contributed by atoms with Gasteiger partial charge in [-0.05, 0) is 20.3 Å². The van der Waals surface area contributed by atoms with Crippen LogP contribution in [0.5, 0.6) is 0 Å². The quantitative estimate of drug-likeness (QED) is 0.648. The van der Waals surface area contributed by atoms with Gasteiger partial charge in [0.2, 0.25) is 0 Å². The molecule has 0 aliphatic heterocycles. The predicted molar refractivity (Wildman–Crippen MR) is 64.1 cm³/mol. The second kappa shape index (κ2) is 8.32. The predicted octanol–water partition coefficient (Wildman–Crippen LogP) is 0.444. The molecule has 0 saturated carbocycles. The fourth-order valence-electron chi connectivity index (χ4n) is 1.16. The molecule has 1 atom stereocenters. The Balaban J connectivity index is 4.28. The van der Waals surface area contributed by atoms with Crippen molar-refractivity contribution >= 4 is 18.0 Å². The Labute approximate surface area is 106 Å². The number of rotatable bonds is 7. The molecular weight excluding hydrogens is 240 g/mol. The fraction of sp³-hybridized carbons (Fsp3) is 0.727. The van der Waals surface area contributed by atoms with Crippen LogP contribution in [0.2, 0.25) is 0 Å². The second-order valence-electron chi connectivity index (χ2n) is 3.70. The van der Waals surface area contributed by atoms with Crippen molar-refractivity contribution in [2.75, 3.05) is 20.2 Å². The van der Waals surface area contributed by atoms with Gasteiger partial charge in [-0.2, -0.15) is 0 Å². The summed E-state index contributed by atoms with van der Waals surface area (Å²) < 4.78 is 4.69. The number of amides is 2. The van der Waals surface area contributed by atoms with Crippen LogP contribution in [0.1, 0.15) is 26.7 Å². The number of urea groups is 1. The third-order valence-corrected chi connectivity index (χ3v) is 2.36. The van der Waals surface area contributed by atoms with E-state index in [0.717, 1.165) is 0 Å². The largest absolute Gasteiger partial charge is 0.480 e. The average Bonchev–Trinajstić information content (AvgIpc) is 2.32. The maximum absolute atomic E-state index is 11.5. The highest BCUT2D eigenvalue weighted by Gasteiger charge is 2.22. The zero-order valence-corrected chi connectivity index (χ0v) is 10.9. The van der Waals surface area contributed by atoms with Crippen LogP contribution in [0.3, 0.4) is 0 Å². The van der Waals surface area contributed by atoms with Crippen molar-refractivity contribution in [3.05, 3.63) is 0 Å². The lowest BCUT2D eigenvalue weighted by Crippen LogP contribution is -2.46. The van der Waals surface area contributed by atoms with E-state index in [0.29, 0.717) is 6.54 Å². The van der Waals surface area contributed by atoms with Crippen LogP contribution in [0.25, 0.3) is 0 Å². The molecule has 0 aliphatic carbocycles. The van der Waals surface area contributed by atoms with E-state index in [9.17, 15) is 14.4 Å². The number of esters is 1. The minimum atomic E-state index is -1.17. The Morgan fingerprint density at radius 1 is 1.33 bits per heavy atom. The number of nitrogens with zero attached hydrogens (tertiary/aromatic N) is 1. The fourth-order valence-corrected chi connectivity index (χ4v) is 1.16. The molecule has 0 aromatic carbocycles. The molecule has 0 rings (SSSR count). The Hall–Kier alpha value is -1.79. The molecule has 18 heavy (non-hydrogen) atoms. The van der Waals surface area contributed by atoms with Crippen LogP contribution in [-0.2, 0) is 14.3 Å². The number of hydrogen-bond donors (Lipinski definition) is 2. The first-order chi connectivity index (χ1) is 8.42. The van der Waals surface area contributed by atoms with Crippen molar-refractivity contribution in [3.63, 3.8) is 0 Å². The minimum Gasteiger partial charge on any atom is -0.480 e. The Morgan fingerprint density at radius 2 is 1.94 bits per heavy atom. The van der Waals surface area contributed by atoms with E-state index in [2.05, 4.69) is 5.32 Å². The van der Waals surface area contributed by atoms with Gasteiger partial charge in [-0.15, -0.1) is 0 Å². The molecule has 0 spiro atoms. The van der Waals surface area contributed by atoms with E-state index < -0.39 is 24.0 Å². The molecule has 2 amide bonds. The molecule has 0 bridgehead atoms. The van der Waals surface area contributed by atoms with E-state index in [-0.39, 0.29) is 19.4 Å². The zero-order valence-electron chi connectivity index (χ0n) is 10.9. The van der Waals surface area contributed by atoms with Crippen LogP contribution in [0, 0.1) is 0 Å². The van der Waals surface area contributed by atoms with Crippen LogP contribution < -0.4 is 5.32 Å². The summed E-state index contributed by atoms with van der Waals surface area (Å²) in [7, 11) is 1.56. The lowest BCUT2D eigenvalue weighted by Gasteiger charge is -2.19. The Bertz CT molecular complexity index is 306. The smallest absolute Gasteiger partial charge is 0.326 e. The van der Waals surface area contributed by atoms with Gasteiger partial charge in [-0.3, -0.25) is 4.79 Å². The maximum Gasteiger partial charge on any atom is 0.326 e. The van der Waals surface area contributed by atoms with Gasteiger partial charge in [0.1, 0.15) is 6.04 Å². The second-order valence-corrected chi connectivity index (χ2v) is 3.70. The van der Waals surface area contributed by atoms with Crippen molar-refractivity contribution in [2.24, 2.45) is 0 Å². The van der Waals surface area contributed by atoms with Crippen LogP contribution >= 0.6 is 0 Å². The topological polar surface area (TPSA) is 95.9 Å². The van der Waals surface area contributed by atoms with E-state index in [1.54, 1.807) is 20.9 Å². The molecule has 0 radical (unpaired) electrons. The molecule has 0 saturated heterocycles. The van der Waals surface area contributed by atoms with Gasteiger partial charge in [-0.1, -0.05) is 0 Å². The van der Waals surface area contributed by atoms with E-state index >= 15 is 0 Å². The first-order valence-corrected chi connectivity index (χ1v) is 5.82. The number of ether oxygens (including phenoxy) is 1. The molecule has 104 valence electrons. The highest BCUT2D eigenvalue weighted by molar-refractivity contribution is 5.83. The highest BCUT2D eigenvalue weighted by Crippen LogP contribution is 2.01. The molecule has 0 aromatic heterocycles. The van der Waals surface area contributed by atoms with E-state index in [4.69, 9.17) is 9.84 Å². The van der Waals surface area contributed by atoms with Crippen LogP contribution in [0.4, 0.5) is 4.79 Å². The number of carbonyl (C=O) groups excluding carboxylic acids is 2. The normalized spacial score (nSPS) is 11.5. The maximum atomic E-state index is 11.5. The summed E-state index contributed by atoms with van der Waals surface area (Å²) in [5.74, 6) is -1.64. The third kappa shape index (κ3) is 6.07. The van der Waals surface area contributed by atoms with E-state index in [1.807, 2.05) is 0 Å². The molecule has 0 heterocycles. The number of carboxylic acids is 1. The zero-order chi connectivity index (χ0) is 14.1. The lowest BCUT2D eigenvalue weighted by molar-refractivity contribution is -0.144. The first-order valence-electron chi connectivity index (χ1n) is 5.82. The standard InChI is InChI=1S/C11H20N2O5/c1-4-13(3)11(17)12-8(10(15)16)6-7-9(14)18-5-2/h8H,4-7H2,1-3H3,(H,12,17)(H,15,16)/t8-/m0/s1. The van der Waals surface area contributed by atoms with Gasteiger partial charge in [0, 0.05) is 20.0 Å². The summed E-state index contributed by atoms with van der Waals surface area (Å²) in [6.45, 7) is 4.16. The molecule has 0 unspecified atom stereocenters. The number of carbonyl (C=O) groups is 3. The molecule has 0 fully saturated rings. The van der Waals surface area contributed by atoms with Gasteiger partial charge < -0.3 is 20.1 Å². The van der Waals surface area contributed by atoms with Gasteiger partial charge in [0.15, 0.2) is 0 Å². The van der Waals surface area contributed by atoms with Crippen molar-refractivity contribution in [3.8, 4) is 0 Å². The van der Waals surface area contributed by atoms with Crippen LogP contribution in [-0.4, -0.2) is 54.2 Å². The number of hydrogen-bond acceptors (Lipinski definition) is 4. The van der Waals surface area contributed by atoms with Gasteiger partial charge in [0.25, 0.3) is 0 Å². The SMILES string of the molecule is CCOC(=O)CC[C@H](NC(=O)N(C)CC)C(=O)O. The summed E-state index contributed by atoms with van der Waals surface area (Å²) in [5.41, 5.74) is 0. The Morgan fingerprint density at radius 3 is 2.39 bits per heavy atom. The van der Waals surface area contributed by atoms with E-state index in [1.165, 1.54) is 4.90 Å². The lowest BCUT2D eigenvalue weighted by atomic mass is 10.1. The minimum absolute atomic E-state index is 0.0114. The molecule has 0 aliphatic rings. The summed E-state index contributed by atoms with van der Waals surface area (Å²) in [5, 5.41) is 11.3. The van der Waals surface area contributed by atoms with Crippen LogP contribution in [0.15, 0.2) is 0 Å². The van der Waals surface area contributed by atoms with Gasteiger partial charge in [0.05, 0.1) is 6.61 Å². The highest BCUT2D eigenvalue weighted by atomic mass is 16.5. The van der Waals surface area contributed by atoms with Gasteiger partial charge >= 0.3 is 18.0 Å². The number of carboxylic acid groups (broad SMARTS) is 1. The van der Waals surface area contributed by atoms with Crippen molar-refractivity contribution < 1.29 is 24.2 Å². The average molecular weight is 260 g/mol. The number of aliphatic carboxylic acids is 1. The summed E-state index contributed by atoms with van der Waals surface area (Å²) in [4.78, 5) is 34.9. The molecule has 7 nitrogen and oxygen atoms in total. The summed E-state index contributed by atoms with van der Waals surface area (Å²) in [6, 6.07) is -1.57. The summed E-state index contributed by atoms with van der Waals surface area (Å²) in [6.07, 6.45) is -0.0294. The molecule has 2 N–H and O–H groups in total. The van der Waals surface area contributed by atoms with Gasteiger partial charge in [-0.25, -0.2) is 9.59 Å². The van der Waals surface area contributed by atoms with Crippen molar-refractivity contribution in [1.82, 2.24) is 10.2 Å². The number of nitrogens with one attached hydrogen (secondary N) is 1. The summed E-state index contributed by atoms with van der Waals surface area (Å²) >= 11 is 0. The van der Waals surface area contributed by atoms with Crippen molar-refractivity contribution in [2.45, 2.75) is 32.7 Å². The molecule has 7 heteroatoms. The molecule has 0 aromatic rings.